The van der Waals surface area contributed by atoms with Gasteiger partial charge in [0, 0.05) is 32.1 Å². The van der Waals surface area contributed by atoms with Gasteiger partial charge in [-0.15, -0.1) is 0 Å². The fraction of sp³-hybridized carbons (Fsp3) is 0.444. The van der Waals surface area contributed by atoms with E-state index >= 15 is 0 Å². The van der Waals surface area contributed by atoms with Gasteiger partial charge >= 0.3 is 0 Å². The largest absolute Gasteiger partial charge is 0.354 e. The Hall–Kier alpha value is -3.02. The number of sulfonamides is 1. The lowest BCUT2D eigenvalue weighted by atomic mass is 10.0. The highest BCUT2D eigenvalue weighted by atomic mass is 35.5. The fourth-order valence-electron chi connectivity index (χ4n) is 4.52. The highest BCUT2D eigenvalue weighted by Gasteiger charge is 2.38. The van der Waals surface area contributed by atoms with Crippen LogP contribution in [0.5, 0.6) is 0 Å². The van der Waals surface area contributed by atoms with Crippen LogP contribution in [0.15, 0.2) is 47.4 Å². The quantitative estimate of drug-likeness (QED) is 0.333. The van der Waals surface area contributed by atoms with Crippen molar-refractivity contribution in [3.63, 3.8) is 0 Å². The first-order valence-electron chi connectivity index (χ1n) is 12.8. The number of hydrogen-bond acceptors (Lipinski definition) is 5. The molecule has 3 rings (SSSR count). The average molecular weight is 581 g/mol. The molecule has 1 heterocycles. The number of nitrogens with one attached hydrogen (secondary N) is 3. The SMILES string of the molecule is CC(=O)N1c2ccccc2CC1C(=O)N[C@@H](CC(C)C)C(=O)NCCCCNS(=O)(=O)c1ccc(F)cc1Cl. The summed E-state index contributed by atoms with van der Waals surface area (Å²) in [5.41, 5.74) is 1.60. The van der Waals surface area contributed by atoms with Gasteiger partial charge in [0.25, 0.3) is 0 Å². The molecule has 2 aromatic rings. The summed E-state index contributed by atoms with van der Waals surface area (Å²) >= 11 is 5.85. The van der Waals surface area contributed by atoms with Crippen LogP contribution >= 0.6 is 11.6 Å². The smallest absolute Gasteiger partial charge is 0.244 e. The Morgan fingerprint density at radius 3 is 2.46 bits per heavy atom. The van der Waals surface area contributed by atoms with Crippen LogP contribution in [0.1, 0.15) is 45.6 Å². The lowest BCUT2D eigenvalue weighted by Crippen LogP contribution is -2.54. The van der Waals surface area contributed by atoms with Crippen LogP contribution < -0.4 is 20.3 Å². The number of amides is 3. The lowest BCUT2D eigenvalue weighted by molar-refractivity contribution is -0.130. The molecule has 2 aromatic carbocycles. The second kappa shape index (κ2) is 13.4. The minimum atomic E-state index is -3.90. The van der Waals surface area contributed by atoms with Crippen LogP contribution in [0.3, 0.4) is 0 Å². The van der Waals surface area contributed by atoms with Crippen LogP contribution in [0.25, 0.3) is 0 Å². The Bertz CT molecular complexity index is 1320. The number of para-hydroxylation sites is 1. The van der Waals surface area contributed by atoms with E-state index in [1.807, 2.05) is 32.0 Å². The van der Waals surface area contributed by atoms with Gasteiger partial charge in [-0.1, -0.05) is 43.6 Å². The molecule has 0 aliphatic carbocycles. The van der Waals surface area contributed by atoms with Crippen molar-refractivity contribution in [1.29, 1.82) is 0 Å². The Balaban J connectivity index is 1.50. The molecule has 1 unspecified atom stereocenters. The number of anilines is 1. The van der Waals surface area contributed by atoms with Crippen molar-refractivity contribution in [3.8, 4) is 0 Å². The first kappa shape index (κ1) is 30.5. The Kier molecular flexibility index (Phi) is 10.5. The summed E-state index contributed by atoms with van der Waals surface area (Å²) in [6, 6.07) is 8.89. The van der Waals surface area contributed by atoms with Crippen molar-refractivity contribution < 1.29 is 27.2 Å². The van der Waals surface area contributed by atoms with Gasteiger partial charge in [0.1, 0.15) is 22.8 Å². The number of nitrogens with zero attached hydrogens (tertiary/aromatic N) is 1. The van der Waals surface area contributed by atoms with Crippen molar-refractivity contribution >= 4 is 45.0 Å². The summed E-state index contributed by atoms with van der Waals surface area (Å²) in [7, 11) is -3.90. The van der Waals surface area contributed by atoms with Crippen LogP contribution in [0, 0.1) is 11.7 Å². The summed E-state index contributed by atoms with van der Waals surface area (Å²) in [5.74, 6) is -1.50. The topological polar surface area (TPSA) is 125 Å². The first-order chi connectivity index (χ1) is 18.4. The molecule has 0 radical (unpaired) electrons. The van der Waals surface area contributed by atoms with E-state index in [1.165, 1.54) is 11.8 Å². The normalized spacial score (nSPS) is 15.6. The van der Waals surface area contributed by atoms with Crippen LogP contribution in [-0.2, 0) is 30.8 Å². The molecule has 0 saturated heterocycles. The van der Waals surface area contributed by atoms with Crippen LogP contribution in [-0.4, -0.2) is 51.3 Å². The zero-order chi connectivity index (χ0) is 28.7. The Labute approximate surface area is 233 Å². The van der Waals surface area contributed by atoms with Gasteiger partial charge in [0.05, 0.1) is 5.02 Å². The molecule has 0 fully saturated rings. The third kappa shape index (κ3) is 8.00. The molecular weight excluding hydrogens is 547 g/mol. The van der Waals surface area contributed by atoms with Crippen molar-refractivity contribution in [1.82, 2.24) is 15.4 Å². The molecule has 1 aliphatic rings. The summed E-state index contributed by atoms with van der Waals surface area (Å²) in [6.45, 7) is 5.67. The monoisotopic (exact) mass is 580 g/mol. The van der Waals surface area contributed by atoms with Crippen molar-refractivity contribution in [2.75, 3.05) is 18.0 Å². The van der Waals surface area contributed by atoms with Gasteiger partial charge in [-0.3, -0.25) is 19.3 Å². The van der Waals surface area contributed by atoms with E-state index < -0.39 is 33.8 Å². The molecule has 0 spiro atoms. The van der Waals surface area contributed by atoms with E-state index in [2.05, 4.69) is 15.4 Å². The standard InChI is InChI=1S/C27H34ClFN4O5S/c1-17(2)14-22(32-27(36)24-15-19-8-4-5-9-23(19)33(24)18(3)34)26(35)30-12-6-7-13-31-39(37,38)25-11-10-20(29)16-21(25)28/h4-5,8-11,16-17,22,24,31H,6-7,12-15H2,1-3H3,(H,30,35)(H,32,36)/t22-,24?/m0/s1. The second-order valence-corrected chi connectivity index (χ2v) is 12.0. The zero-order valence-electron chi connectivity index (χ0n) is 22.2. The Morgan fingerprint density at radius 2 is 1.79 bits per heavy atom. The van der Waals surface area contributed by atoms with Gasteiger partial charge in [0.15, 0.2) is 0 Å². The minimum absolute atomic E-state index is 0.0984. The first-order valence-corrected chi connectivity index (χ1v) is 14.7. The molecule has 2 atom stereocenters. The number of carbonyl (C=O) groups excluding carboxylic acids is 3. The molecule has 39 heavy (non-hydrogen) atoms. The van der Waals surface area contributed by atoms with E-state index in [1.54, 1.807) is 6.07 Å². The molecule has 3 N–H and O–H groups in total. The molecule has 12 heteroatoms. The highest BCUT2D eigenvalue weighted by Crippen LogP contribution is 2.32. The van der Waals surface area contributed by atoms with Gasteiger partial charge < -0.3 is 10.6 Å². The number of fused-ring (bicyclic) bond motifs is 1. The number of unbranched alkanes of at least 4 members (excludes halogenated alkanes) is 1. The number of hydrogen-bond donors (Lipinski definition) is 3. The molecule has 9 nitrogen and oxygen atoms in total. The molecule has 3 amide bonds. The molecule has 1 aliphatic heterocycles. The van der Waals surface area contributed by atoms with E-state index in [9.17, 15) is 27.2 Å². The molecule has 0 bridgehead atoms. The summed E-state index contributed by atoms with van der Waals surface area (Å²) in [4.78, 5) is 39.7. The molecular formula is C27H34ClFN4O5S. The number of rotatable bonds is 12. The van der Waals surface area contributed by atoms with E-state index in [4.69, 9.17) is 11.6 Å². The summed E-state index contributed by atoms with van der Waals surface area (Å²) in [5, 5.41) is 5.43. The third-order valence-electron chi connectivity index (χ3n) is 6.34. The number of halogens is 2. The maximum atomic E-state index is 13.2. The predicted molar refractivity (Wildman–Crippen MR) is 147 cm³/mol. The zero-order valence-corrected chi connectivity index (χ0v) is 23.7. The molecule has 212 valence electrons. The van der Waals surface area contributed by atoms with Gasteiger partial charge in [-0.25, -0.2) is 17.5 Å². The molecule has 0 aromatic heterocycles. The fourth-order valence-corrected chi connectivity index (χ4v) is 6.12. The van der Waals surface area contributed by atoms with Crippen molar-refractivity contribution in [2.45, 2.75) is 63.4 Å². The summed E-state index contributed by atoms with van der Waals surface area (Å²) in [6.07, 6.45) is 1.68. The van der Waals surface area contributed by atoms with Gasteiger partial charge in [-0.05, 0) is 55.0 Å². The number of carbonyl (C=O) groups is 3. The maximum absolute atomic E-state index is 13.2. The van der Waals surface area contributed by atoms with Crippen LogP contribution in [0.4, 0.5) is 10.1 Å². The van der Waals surface area contributed by atoms with E-state index in [-0.39, 0.29) is 40.7 Å². The summed E-state index contributed by atoms with van der Waals surface area (Å²) < 4.78 is 40.4. The predicted octanol–water partition coefficient (Wildman–Crippen LogP) is 3.16. The van der Waals surface area contributed by atoms with Gasteiger partial charge in [0.2, 0.25) is 27.7 Å². The maximum Gasteiger partial charge on any atom is 0.244 e. The average Bonchev–Trinajstić information content (AvgIpc) is 3.25. The van der Waals surface area contributed by atoms with Crippen LogP contribution in [0.2, 0.25) is 5.02 Å². The second-order valence-electron chi connectivity index (χ2n) is 9.90. The highest BCUT2D eigenvalue weighted by molar-refractivity contribution is 7.89. The van der Waals surface area contributed by atoms with E-state index in [0.717, 1.165) is 23.8 Å². The third-order valence-corrected chi connectivity index (χ3v) is 8.28. The lowest BCUT2D eigenvalue weighted by Gasteiger charge is -2.26. The Morgan fingerprint density at radius 1 is 1.10 bits per heavy atom. The van der Waals surface area contributed by atoms with Crippen molar-refractivity contribution in [2.24, 2.45) is 5.92 Å². The molecule has 0 saturated carbocycles. The minimum Gasteiger partial charge on any atom is -0.354 e. The number of benzene rings is 2. The van der Waals surface area contributed by atoms with E-state index in [0.29, 0.717) is 31.4 Å². The van der Waals surface area contributed by atoms with Gasteiger partial charge in [-0.2, -0.15) is 0 Å². The van der Waals surface area contributed by atoms with Crippen molar-refractivity contribution in [3.05, 3.63) is 58.9 Å².